The lowest BCUT2D eigenvalue weighted by molar-refractivity contribution is -0.116. The third-order valence-electron chi connectivity index (χ3n) is 4.05. The largest absolute Gasteiger partial charge is 0.497 e. The molecule has 25 heavy (non-hydrogen) atoms. The maximum Gasteiger partial charge on any atom is 0.255 e. The van der Waals surface area contributed by atoms with E-state index < -0.39 is 11.7 Å². The molecule has 1 saturated carbocycles. The first-order chi connectivity index (χ1) is 12.0. The maximum atomic E-state index is 13.7. The van der Waals surface area contributed by atoms with Crippen molar-refractivity contribution in [1.29, 1.82) is 0 Å². The van der Waals surface area contributed by atoms with Gasteiger partial charge in [0.25, 0.3) is 5.91 Å². The van der Waals surface area contributed by atoms with Crippen LogP contribution in [0.3, 0.4) is 0 Å². The molecule has 0 atom stereocenters. The van der Waals surface area contributed by atoms with Gasteiger partial charge < -0.3 is 15.0 Å². The molecule has 2 amide bonds. The van der Waals surface area contributed by atoms with Crippen LogP contribution in [0.15, 0.2) is 42.5 Å². The number of carbonyl (C=O) groups excluding carboxylic acids is 2. The topological polar surface area (TPSA) is 58.6 Å². The van der Waals surface area contributed by atoms with Gasteiger partial charge in [-0.1, -0.05) is 6.07 Å². The monoisotopic (exact) mass is 342 g/mol. The Bertz CT molecular complexity index is 818. The Morgan fingerprint density at radius 2 is 1.96 bits per heavy atom. The lowest BCUT2D eigenvalue weighted by Gasteiger charge is -2.24. The molecule has 2 aromatic rings. The molecule has 0 saturated heterocycles. The Hall–Kier alpha value is -2.89. The first kappa shape index (κ1) is 17.0. The third-order valence-corrected chi connectivity index (χ3v) is 4.05. The van der Waals surface area contributed by atoms with Gasteiger partial charge in [-0.25, -0.2) is 4.39 Å². The van der Waals surface area contributed by atoms with Crippen LogP contribution in [-0.2, 0) is 4.79 Å². The van der Waals surface area contributed by atoms with Gasteiger partial charge in [0.2, 0.25) is 5.91 Å². The Morgan fingerprint density at radius 3 is 2.60 bits per heavy atom. The first-order valence-electron chi connectivity index (χ1n) is 8.04. The van der Waals surface area contributed by atoms with Gasteiger partial charge in [0.05, 0.1) is 18.5 Å². The van der Waals surface area contributed by atoms with E-state index >= 15 is 0 Å². The van der Waals surface area contributed by atoms with Crippen molar-refractivity contribution < 1.29 is 18.7 Å². The molecule has 2 aromatic carbocycles. The molecular weight excluding hydrogens is 323 g/mol. The highest BCUT2D eigenvalue weighted by molar-refractivity contribution is 6.07. The van der Waals surface area contributed by atoms with Crippen molar-refractivity contribution in [3.8, 4) is 5.75 Å². The second-order valence-corrected chi connectivity index (χ2v) is 5.97. The smallest absolute Gasteiger partial charge is 0.255 e. The minimum Gasteiger partial charge on any atom is -0.497 e. The number of carbonyl (C=O) groups is 2. The van der Waals surface area contributed by atoms with E-state index in [1.54, 1.807) is 29.2 Å². The summed E-state index contributed by atoms with van der Waals surface area (Å²) in [7, 11) is 1.52. The molecule has 3 rings (SSSR count). The van der Waals surface area contributed by atoms with E-state index in [-0.39, 0.29) is 17.6 Å². The molecule has 1 fully saturated rings. The highest BCUT2D eigenvalue weighted by atomic mass is 19.1. The fourth-order valence-electron chi connectivity index (χ4n) is 2.73. The van der Waals surface area contributed by atoms with Gasteiger partial charge in [-0.05, 0) is 49.2 Å². The van der Waals surface area contributed by atoms with Crippen LogP contribution in [0.4, 0.5) is 15.8 Å². The fraction of sp³-hybridized carbons (Fsp3) is 0.263. The minimum atomic E-state index is -0.482. The summed E-state index contributed by atoms with van der Waals surface area (Å²) in [6.07, 6.45) is 1.81. The number of halogens is 1. The Balaban J connectivity index is 1.92. The van der Waals surface area contributed by atoms with E-state index in [4.69, 9.17) is 4.74 Å². The number of amides is 2. The van der Waals surface area contributed by atoms with E-state index in [0.29, 0.717) is 17.0 Å². The molecule has 1 aliphatic rings. The van der Waals surface area contributed by atoms with Crippen molar-refractivity contribution in [3.05, 3.63) is 53.8 Å². The predicted octanol–water partition coefficient (Wildman–Crippen LogP) is 3.60. The van der Waals surface area contributed by atoms with Crippen molar-refractivity contribution in [2.24, 2.45) is 0 Å². The quantitative estimate of drug-likeness (QED) is 0.903. The Morgan fingerprint density at radius 1 is 1.20 bits per heavy atom. The van der Waals surface area contributed by atoms with E-state index in [1.165, 1.54) is 32.2 Å². The normalized spacial score (nSPS) is 13.2. The second kappa shape index (κ2) is 6.93. The number of nitrogens with zero attached hydrogens (tertiary/aromatic N) is 1. The zero-order valence-electron chi connectivity index (χ0n) is 14.1. The molecular formula is C19H19FN2O3. The fourth-order valence-corrected chi connectivity index (χ4v) is 2.73. The van der Waals surface area contributed by atoms with Crippen LogP contribution >= 0.6 is 0 Å². The molecule has 0 aliphatic heterocycles. The number of anilines is 2. The summed E-state index contributed by atoms with van der Waals surface area (Å²) in [6.45, 7) is 1.47. The van der Waals surface area contributed by atoms with Gasteiger partial charge in [-0.3, -0.25) is 9.59 Å². The van der Waals surface area contributed by atoms with Gasteiger partial charge in [0.1, 0.15) is 11.6 Å². The van der Waals surface area contributed by atoms with Crippen LogP contribution in [0.2, 0.25) is 0 Å². The average molecular weight is 342 g/mol. The predicted molar refractivity (Wildman–Crippen MR) is 93.5 cm³/mol. The van der Waals surface area contributed by atoms with Crippen LogP contribution in [-0.4, -0.2) is 25.0 Å². The SMILES string of the molecule is COc1cccc(C(=O)Nc2cc(F)ccc2N(C(C)=O)C2CC2)c1. The zero-order valence-corrected chi connectivity index (χ0v) is 14.1. The number of rotatable bonds is 5. The van der Waals surface area contributed by atoms with E-state index in [0.717, 1.165) is 12.8 Å². The van der Waals surface area contributed by atoms with Crippen LogP contribution in [0.25, 0.3) is 0 Å². The molecule has 0 heterocycles. The second-order valence-electron chi connectivity index (χ2n) is 5.97. The van der Waals surface area contributed by atoms with E-state index in [1.807, 2.05) is 0 Å². The standard InChI is InChI=1S/C19H19FN2O3/c1-12(23)22(15-7-8-15)18-9-6-14(20)11-17(18)21-19(24)13-4-3-5-16(10-13)25-2/h3-6,9-11,15H,7-8H2,1-2H3,(H,21,24). The number of ether oxygens (including phenoxy) is 1. The van der Waals surface area contributed by atoms with Crippen LogP contribution in [0.1, 0.15) is 30.1 Å². The summed E-state index contributed by atoms with van der Waals surface area (Å²) in [5.74, 6) is -0.463. The summed E-state index contributed by atoms with van der Waals surface area (Å²) in [5.41, 5.74) is 1.16. The summed E-state index contributed by atoms with van der Waals surface area (Å²) < 4.78 is 18.8. The average Bonchev–Trinajstić information content (AvgIpc) is 3.41. The molecule has 0 aromatic heterocycles. The molecule has 130 valence electrons. The summed E-state index contributed by atoms with van der Waals surface area (Å²) in [4.78, 5) is 26.1. The van der Waals surface area contributed by atoms with Crippen molar-refractivity contribution >= 4 is 23.2 Å². The van der Waals surface area contributed by atoms with Gasteiger partial charge >= 0.3 is 0 Å². The Kier molecular flexibility index (Phi) is 4.70. The number of nitrogens with one attached hydrogen (secondary N) is 1. The van der Waals surface area contributed by atoms with Crippen molar-refractivity contribution in [1.82, 2.24) is 0 Å². The zero-order chi connectivity index (χ0) is 18.0. The van der Waals surface area contributed by atoms with E-state index in [2.05, 4.69) is 5.32 Å². The number of benzene rings is 2. The van der Waals surface area contributed by atoms with Crippen LogP contribution in [0, 0.1) is 5.82 Å². The van der Waals surface area contributed by atoms with Crippen molar-refractivity contribution in [3.63, 3.8) is 0 Å². The first-order valence-corrected chi connectivity index (χ1v) is 8.04. The number of hydrogen-bond acceptors (Lipinski definition) is 3. The molecule has 0 radical (unpaired) electrons. The van der Waals surface area contributed by atoms with Gasteiger partial charge in [-0.15, -0.1) is 0 Å². The number of hydrogen-bond donors (Lipinski definition) is 1. The van der Waals surface area contributed by atoms with Gasteiger partial charge in [0.15, 0.2) is 0 Å². The number of methoxy groups -OCH3 is 1. The summed E-state index contributed by atoms with van der Waals surface area (Å²) >= 11 is 0. The summed E-state index contributed by atoms with van der Waals surface area (Å²) in [6, 6.07) is 10.8. The molecule has 6 heteroatoms. The lowest BCUT2D eigenvalue weighted by Crippen LogP contribution is -2.31. The highest BCUT2D eigenvalue weighted by Gasteiger charge is 2.33. The van der Waals surface area contributed by atoms with Gasteiger partial charge in [-0.2, -0.15) is 0 Å². The lowest BCUT2D eigenvalue weighted by atomic mass is 10.1. The van der Waals surface area contributed by atoms with E-state index in [9.17, 15) is 14.0 Å². The maximum absolute atomic E-state index is 13.7. The molecule has 0 bridgehead atoms. The summed E-state index contributed by atoms with van der Waals surface area (Å²) in [5, 5.41) is 2.71. The molecule has 1 N–H and O–H groups in total. The molecule has 0 unspecified atom stereocenters. The van der Waals surface area contributed by atoms with Gasteiger partial charge in [0, 0.05) is 18.5 Å². The van der Waals surface area contributed by atoms with Crippen LogP contribution < -0.4 is 15.0 Å². The van der Waals surface area contributed by atoms with Crippen LogP contribution in [0.5, 0.6) is 5.75 Å². The highest BCUT2D eigenvalue weighted by Crippen LogP contribution is 2.36. The molecule has 0 spiro atoms. The molecule has 5 nitrogen and oxygen atoms in total. The van der Waals surface area contributed by atoms with Crippen molar-refractivity contribution in [2.45, 2.75) is 25.8 Å². The third kappa shape index (κ3) is 3.79. The van der Waals surface area contributed by atoms with Crippen molar-refractivity contribution in [2.75, 3.05) is 17.3 Å². The Labute approximate surface area is 145 Å². The molecule has 1 aliphatic carbocycles. The minimum absolute atomic E-state index is 0.107.